The molecule has 18 heteroatoms. The maximum absolute atomic E-state index is 15.1. The SMILES string of the molecule is CC(C)(C)C[C@]1(c2ccc(-c3cnn(C(F)F)c3)cc2)N=C(N)N(C2(c3ccc(Cl)c(-c4ncn[nH]4)c3)C[C@@H]2OC(=O)NC(C)(C)C(F)(F)F)C1=O. The van der Waals surface area contributed by atoms with Crippen LogP contribution >= 0.6 is 11.6 Å². The van der Waals surface area contributed by atoms with Gasteiger partial charge in [-0.15, -0.1) is 0 Å². The summed E-state index contributed by atoms with van der Waals surface area (Å²) in [6, 6.07) is 11.4. The third kappa shape index (κ3) is 6.45. The van der Waals surface area contributed by atoms with Gasteiger partial charge >= 0.3 is 18.8 Å². The zero-order valence-corrected chi connectivity index (χ0v) is 29.4. The first-order valence-corrected chi connectivity index (χ1v) is 16.4. The lowest BCUT2D eigenvalue weighted by molar-refractivity contribution is -0.183. The number of rotatable bonds is 9. The average Bonchev–Trinajstić information content (AvgIpc) is 3.45. The van der Waals surface area contributed by atoms with Crippen LogP contribution in [0.2, 0.25) is 5.02 Å². The number of halogens is 6. The third-order valence-corrected chi connectivity index (χ3v) is 9.48. The number of alkyl carbamates (subject to hydrolysis) is 1. The van der Waals surface area contributed by atoms with Gasteiger partial charge in [0, 0.05) is 23.7 Å². The van der Waals surface area contributed by atoms with E-state index in [1.807, 2.05) is 26.1 Å². The number of aromatic nitrogens is 5. The molecule has 0 radical (unpaired) electrons. The Morgan fingerprint density at radius 1 is 1.10 bits per heavy atom. The predicted molar refractivity (Wildman–Crippen MR) is 180 cm³/mol. The number of hydrogen-bond acceptors (Lipinski definition) is 8. The van der Waals surface area contributed by atoms with Gasteiger partial charge in [0.15, 0.2) is 11.4 Å². The summed E-state index contributed by atoms with van der Waals surface area (Å²) in [5, 5.41) is 12.4. The summed E-state index contributed by atoms with van der Waals surface area (Å²) in [7, 11) is 0. The molecule has 1 unspecified atom stereocenters. The number of hydrogen-bond donors (Lipinski definition) is 3. The van der Waals surface area contributed by atoms with Gasteiger partial charge in [0.1, 0.15) is 23.5 Å². The molecule has 0 spiro atoms. The van der Waals surface area contributed by atoms with Crippen LogP contribution in [0.3, 0.4) is 0 Å². The summed E-state index contributed by atoms with van der Waals surface area (Å²) in [5.74, 6) is -0.494. The number of guanidine groups is 1. The van der Waals surface area contributed by atoms with Crippen molar-refractivity contribution >= 4 is 29.6 Å². The fourth-order valence-corrected chi connectivity index (χ4v) is 6.71. The second-order valence-electron chi connectivity index (χ2n) is 14.6. The van der Waals surface area contributed by atoms with E-state index >= 15 is 4.79 Å². The van der Waals surface area contributed by atoms with Gasteiger partial charge in [-0.25, -0.2) is 19.5 Å². The minimum atomic E-state index is -4.79. The number of aromatic amines is 1. The Balaban J connectivity index is 1.42. The van der Waals surface area contributed by atoms with Crippen LogP contribution in [-0.4, -0.2) is 65.6 Å². The highest BCUT2D eigenvalue weighted by Crippen LogP contribution is 2.58. The normalized spacial score (nSPS) is 22.2. The molecule has 0 saturated heterocycles. The molecule has 0 bridgehead atoms. The van der Waals surface area contributed by atoms with Crippen LogP contribution in [-0.2, 0) is 20.6 Å². The van der Waals surface area contributed by atoms with Gasteiger partial charge in [0.2, 0.25) is 5.96 Å². The Kier molecular flexibility index (Phi) is 8.87. The number of nitrogens with zero attached hydrogens (tertiary/aromatic N) is 6. The van der Waals surface area contributed by atoms with E-state index in [0.29, 0.717) is 38.3 Å². The van der Waals surface area contributed by atoms with Crippen LogP contribution in [0.15, 0.2) is 66.2 Å². The van der Waals surface area contributed by atoms with Crippen LogP contribution in [0, 0.1) is 5.41 Å². The molecule has 4 aromatic rings. The topological polar surface area (TPSA) is 156 Å². The molecule has 1 aliphatic carbocycles. The van der Waals surface area contributed by atoms with Crippen LogP contribution in [0.25, 0.3) is 22.5 Å². The minimum absolute atomic E-state index is 0.0506. The van der Waals surface area contributed by atoms with Crippen LogP contribution in [0.4, 0.5) is 26.7 Å². The van der Waals surface area contributed by atoms with Gasteiger partial charge in [0.25, 0.3) is 5.91 Å². The summed E-state index contributed by atoms with van der Waals surface area (Å²) in [6.07, 6.45) is -3.43. The zero-order valence-electron chi connectivity index (χ0n) is 28.6. The van der Waals surface area contributed by atoms with Crippen LogP contribution in [0.5, 0.6) is 0 Å². The fourth-order valence-electron chi connectivity index (χ4n) is 6.50. The average molecular weight is 748 g/mol. The maximum Gasteiger partial charge on any atom is 0.411 e. The van der Waals surface area contributed by atoms with Gasteiger partial charge in [0.05, 0.1) is 11.2 Å². The molecule has 12 nitrogen and oxygen atoms in total. The summed E-state index contributed by atoms with van der Waals surface area (Å²) >= 11 is 6.52. The number of benzene rings is 2. The van der Waals surface area contributed by atoms with Crippen molar-refractivity contribution in [1.82, 2.24) is 35.2 Å². The first kappa shape index (κ1) is 36.7. The molecule has 1 aliphatic heterocycles. The second kappa shape index (κ2) is 12.6. The predicted octanol–water partition coefficient (Wildman–Crippen LogP) is 6.91. The lowest BCUT2D eigenvalue weighted by Gasteiger charge is -2.35. The van der Waals surface area contributed by atoms with Crippen molar-refractivity contribution in [2.75, 3.05) is 0 Å². The van der Waals surface area contributed by atoms with Crippen molar-refractivity contribution in [3.63, 3.8) is 0 Å². The molecular weight excluding hydrogens is 713 g/mol. The van der Waals surface area contributed by atoms with Gasteiger partial charge < -0.3 is 15.8 Å². The first-order chi connectivity index (χ1) is 24.2. The zero-order chi connectivity index (χ0) is 38.0. The number of ether oxygens (including phenoxy) is 1. The van der Waals surface area contributed by atoms with E-state index < -0.39 is 52.9 Å². The molecule has 4 N–H and O–H groups in total. The highest BCUT2D eigenvalue weighted by atomic mass is 35.5. The van der Waals surface area contributed by atoms with Gasteiger partial charge in [-0.2, -0.15) is 32.1 Å². The molecule has 2 aliphatic rings. The number of H-pyrrole nitrogens is 1. The first-order valence-electron chi connectivity index (χ1n) is 16.0. The van der Waals surface area contributed by atoms with Crippen molar-refractivity contribution in [3.05, 3.63) is 77.3 Å². The molecule has 3 heterocycles. The molecule has 3 atom stereocenters. The Hall–Kier alpha value is -5.06. The van der Waals surface area contributed by atoms with Gasteiger partial charge in [-0.1, -0.05) is 62.7 Å². The summed E-state index contributed by atoms with van der Waals surface area (Å²) in [4.78, 5) is 38.2. The minimum Gasteiger partial charge on any atom is -0.443 e. The number of amides is 2. The standard InChI is InChI=1S/C34H35ClF5N9O3/c1-30(2,3)16-32(20-8-6-18(7-9-20)19-14-44-48(15-19)27(36)37)26(50)49(28(41)45-32)33(13-24(33)52-29(51)46-31(4,5)34(38,39)40)21-10-11-23(35)22(12-21)25-42-17-43-47-25/h6-12,14-15,17,24,27H,13,16H2,1-5H3,(H2,41,45)(H,46,51)(H,42,43,47)/t24-,32+,33?/m0/s1. The number of carbonyl (C=O) groups excluding carboxylic acids is 2. The number of carbonyl (C=O) groups is 2. The lowest BCUT2D eigenvalue weighted by Crippen LogP contribution is -2.55. The molecule has 2 amide bonds. The highest BCUT2D eigenvalue weighted by Gasteiger charge is 2.69. The van der Waals surface area contributed by atoms with E-state index in [-0.39, 0.29) is 23.8 Å². The lowest BCUT2D eigenvalue weighted by atomic mass is 9.75. The highest BCUT2D eigenvalue weighted by molar-refractivity contribution is 6.33. The van der Waals surface area contributed by atoms with Crippen LogP contribution < -0.4 is 11.1 Å². The van der Waals surface area contributed by atoms with E-state index in [4.69, 9.17) is 27.1 Å². The molecule has 2 aromatic carbocycles. The summed E-state index contributed by atoms with van der Waals surface area (Å²) in [5.41, 5.74) is 2.58. The fraction of sp³-hybridized carbons (Fsp3) is 0.412. The molecule has 276 valence electrons. The van der Waals surface area contributed by atoms with Crippen molar-refractivity contribution < 1.29 is 36.3 Å². The third-order valence-electron chi connectivity index (χ3n) is 9.15. The van der Waals surface area contributed by atoms with E-state index in [2.05, 4.69) is 20.3 Å². The van der Waals surface area contributed by atoms with E-state index in [9.17, 15) is 26.7 Å². The number of aliphatic imine (C=N–C) groups is 1. The summed E-state index contributed by atoms with van der Waals surface area (Å²) in [6.45, 7) is 4.51. The largest absolute Gasteiger partial charge is 0.443 e. The molecule has 52 heavy (non-hydrogen) atoms. The van der Waals surface area contributed by atoms with E-state index in [0.717, 1.165) is 13.8 Å². The molecule has 1 saturated carbocycles. The van der Waals surface area contributed by atoms with E-state index in [1.165, 1.54) is 23.6 Å². The van der Waals surface area contributed by atoms with Crippen molar-refractivity contribution in [2.45, 2.75) is 82.9 Å². The number of alkyl halides is 5. The van der Waals surface area contributed by atoms with Crippen LogP contribution in [0.1, 0.15) is 65.1 Å². The quantitative estimate of drug-likeness (QED) is 0.157. The van der Waals surface area contributed by atoms with Gasteiger partial charge in [-0.05, 0) is 54.5 Å². The monoisotopic (exact) mass is 747 g/mol. The number of nitrogens with two attached hydrogens (primary N) is 1. The Labute approximate surface area is 299 Å². The van der Waals surface area contributed by atoms with Gasteiger partial charge in [-0.3, -0.25) is 14.8 Å². The number of nitrogens with one attached hydrogen (secondary N) is 2. The maximum atomic E-state index is 15.1. The molecule has 2 aromatic heterocycles. The van der Waals surface area contributed by atoms with E-state index in [1.54, 1.807) is 42.5 Å². The Bertz CT molecular complexity index is 2030. The van der Waals surface area contributed by atoms with Crippen molar-refractivity contribution in [3.8, 4) is 22.5 Å². The molecule has 6 rings (SSSR count). The summed E-state index contributed by atoms with van der Waals surface area (Å²) < 4.78 is 73.4. The second-order valence-corrected chi connectivity index (χ2v) is 15.0. The van der Waals surface area contributed by atoms with Crippen molar-refractivity contribution in [2.24, 2.45) is 16.1 Å². The smallest absolute Gasteiger partial charge is 0.411 e. The Morgan fingerprint density at radius 2 is 1.77 bits per heavy atom. The molecular formula is C34H35ClF5N9O3. The Morgan fingerprint density at radius 3 is 2.35 bits per heavy atom. The molecule has 1 fully saturated rings. The van der Waals surface area contributed by atoms with Crippen molar-refractivity contribution in [1.29, 1.82) is 0 Å².